The van der Waals surface area contributed by atoms with Crippen LogP contribution in [-0.4, -0.2) is 29.8 Å². The summed E-state index contributed by atoms with van der Waals surface area (Å²) in [6.07, 6.45) is 3.95. The van der Waals surface area contributed by atoms with Crippen molar-refractivity contribution in [1.82, 2.24) is 10.1 Å². The fourth-order valence-corrected chi connectivity index (χ4v) is 2.43. The van der Waals surface area contributed by atoms with Crippen molar-refractivity contribution in [2.24, 2.45) is 0 Å². The molecular weight excluding hydrogens is 248 g/mol. The van der Waals surface area contributed by atoms with Gasteiger partial charge in [0.1, 0.15) is 11.5 Å². The minimum absolute atomic E-state index is 0.289. The van der Waals surface area contributed by atoms with Crippen LogP contribution >= 0.6 is 0 Å². The van der Waals surface area contributed by atoms with E-state index in [1.54, 1.807) is 21.0 Å². The second kappa shape index (κ2) is 5.69. The highest BCUT2D eigenvalue weighted by Crippen LogP contribution is 2.40. The highest BCUT2D eigenvalue weighted by atomic mass is 16.5. The van der Waals surface area contributed by atoms with E-state index in [0.29, 0.717) is 12.4 Å². The number of hydrogen-bond acceptors (Lipinski definition) is 6. The molecule has 1 aliphatic rings. The molecule has 1 aliphatic carbocycles. The van der Waals surface area contributed by atoms with Gasteiger partial charge < -0.3 is 14.0 Å². The zero-order chi connectivity index (χ0) is 13.9. The molecule has 2 rings (SSSR count). The molecule has 1 aromatic rings. The minimum Gasteiger partial charge on any atom is -0.465 e. The number of nitrogens with zero attached hydrogens (tertiary/aromatic N) is 2. The van der Waals surface area contributed by atoms with E-state index in [0.717, 1.165) is 25.7 Å². The van der Waals surface area contributed by atoms with Crippen molar-refractivity contribution in [2.45, 2.75) is 51.0 Å². The highest BCUT2D eigenvalue weighted by Gasteiger charge is 2.40. The number of esters is 1. The van der Waals surface area contributed by atoms with Crippen molar-refractivity contribution >= 4 is 5.97 Å². The molecule has 6 nitrogen and oxygen atoms in total. The summed E-state index contributed by atoms with van der Waals surface area (Å²) in [5.74, 6) is -0.0671. The van der Waals surface area contributed by atoms with Gasteiger partial charge in [0, 0.05) is 7.11 Å². The van der Waals surface area contributed by atoms with Gasteiger partial charge in [-0.25, -0.2) is 0 Å². The maximum Gasteiger partial charge on any atom is 0.318 e. The van der Waals surface area contributed by atoms with E-state index in [2.05, 4.69) is 10.1 Å². The standard InChI is InChI=1S/C13H20N2O4/c1-4-18-11(16)9(2)10-14-12(15-19-10)13(17-3)7-5-6-8-13/h9H,4-8H2,1-3H3. The fraction of sp³-hybridized carbons (Fsp3) is 0.769. The second-order valence-electron chi connectivity index (χ2n) is 4.84. The van der Waals surface area contributed by atoms with Crippen molar-refractivity contribution in [3.63, 3.8) is 0 Å². The molecule has 0 spiro atoms. The average molecular weight is 268 g/mol. The summed E-state index contributed by atoms with van der Waals surface area (Å²) < 4.78 is 15.7. The summed E-state index contributed by atoms with van der Waals surface area (Å²) in [5, 5.41) is 3.99. The van der Waals surface area contributed by atoms with Gasteiger partial charge in [0.25, 0.3) is 0 Å². The molecule has 1 unspecified atom stereocenters. The maximum absolute atomic E-state index is 11.6. The molecule has 6 heteroatoms. The van der Waals surface area contributed by atoms with Crippen molar-refractivity contribution in [1.29, 1.82) is 0 Å². The third kappa shape index (κ3) is 2.63. The van der Waals surface area contributed by atoms with Crippen molar-refractivity contribution in [3.05, 3.63) is 11.7 Å². The number of hydrogen-bond donors (Lipinski definition) is 0. The first-order valence-corrected chi connectivity index (χ1v) is 6.69. The van der Waals surface area contributed by atoms with E-state index in [-0.39, 0.29) is 11.9 Å². The van der Waals surface area contributed by atoms with Crippen LogP contribution in [0, 0.1) is 0 Å². The van der Waals surface area contributed by atoms with Gasteiger partial charge in [0.2, 0.25) is 11.7 Å². The molecule has 0 aliphatic heterocycles. The van der Waals surface area contributed by atoms with Crippen LogP contribution in [0.1, 0.15) is 57.2 Å². The van der Waals surface area contributed by atoms with Gasteiger partial charge in [0.05, 0.1) is 6.61 Å². The Hall–Kier alpha value is -1.43. The van der Waals surface area contributed by atoms with E-state index in [1.807, 2.05) is 0 Å². The summed E-state index contributed by atoms with van der Waals surface area (Å²) in [4.78, 5) is 16.0. The normalized spacial score (nSPS) is 19.3. The predicted molar refractivity (Wildman–Crippen MR) is 66.5 cm³/mol. The monoisotopic (exact) mass is 268 g/mol. The SMILES string of the molecule is CCOC(=O)C(C)c1nc(C2(OC)CCCC2)no1. The van der Waals surface area contributed by atoms with Crippen LogP contribution in [0.4, 0.5) is 0 Å². The molecule has 106 valence electrons. The van der Waals surface area contributed by atoms with E-state index in [1.165, 1.54) is 0 Å². The molecule has 0 amide bonds. The van der Waals surface area contributed by atoms with Gasteiger partial charge in [-0.3, -0.25) is 4.79 Å². The molecule has 1 aromatic heterocycles. The Bertz CT molecular complexity index is 438. The van der Waals surface area contributed by atoms with Crippen molar-refractivity contribution in [3.8, 4) is 0 Å². The lowest BCUT2D eigenvalue weighted by Gasteiger charge is -2.22. The molecule has 19 heavy (non-hydrogen) atoms. The molecule has 0 bridgehead atoms. The largest absolute Gasteiger partial charge is 0.465 e. The lowest BCUT2D eigenvalue weighted by Crippen LogP contribution is -2.26. The Kier molecular flexibility index (Phi) is 4.19. The Morgan fingerprint density at radius 1 is 1.47 bits per heavy atom. The van der Waals surface area contributed by atoms with E-state index in [4.69, 9.17) is 14.0 Å². The van der Waals surface area contributed by atoms with E-state index < -0.39 is 11.5 Å². The van der Waals surface area contributed by atoms with E-state index in [9.17, 15) is 4.79 Å². The first-order chi connectivity index (χ1) is 9.13. The molecule has 0 aromatic carbocycles. The Morgan fingerprint density at radius 3 is 2.74 bits per heavy atom. The van der Waals surface area contributed by atoms with Gasteiger partial charge >= 0.3 is 5.97 Å². The molecule has 1 saturated carbocycles. The summed E-state index contributed by atoms with van der Waals surface area (Å²) in [6.45, 7) is 3.80. The predicted octanol–water partition coefficient (Wildman–Crippen LogP) is 2.15. The third-order valence-electron chi connectivity index (χ3n) is 3.66. The molecular formula is C13H20N2O4. The second-order valence-corrected chi connectivity index (χ2v) is 4.84. The smallest absolute Gasteiger partial charge is 0.318 e. The fourth-order valence-electron chi connectivity index (χ4n) is 2.43. The van der Waals surface area contributed by atoms with E-state index >= 15 is 0 Å². The molecule has 1 atom stereocenters. The maximum atomic E-state index is 11.6. The van der Waals surface area contributed by atoms with Crippen LogP contribution < -0.4 is 0 Å². The zero-order valence-corrected chi connectivity index (χ0v) is 11.6. The Balaban J connectivity index is 2.16. The van der Waals surface area contributed by atoms with Crippen LogP contribution in [-0.2, 0) is 19.9 Å². The summed E-state index contributed by atoms with van der Waals surface area (Å²) in [5.41, 5.74) is -0.448. The molecule has 0 saturated heterocycles. The van der Waals surface area contributed by atoms with Crippen LogP contribution in [0.15, 0.2) is 4.52 Å². The van der Waals surface area contributed by atoms with Gasteiger partial charge in [-0.1, -0.05) is 5.16 Å². The number of rotatable bonds is 5. The van der Waals surface area contributed by atoms with Gasteiger partial charge in [-0.05, 0) is 39.5 Å². The van der Waals surface area contributed by atoms with Crippen molar-refractivity contribution in [2.75, 3.05) is 13.7 Å². The van der Waals surface area contributed by atoms with Crippen LogP contribution in [0.25, 0.3) is 0 Å². The summed E-state index contributed by atoms with van der Waals surface area (Å²) in [6, 6.07) is 0. The van der Waals surface area contributed by atoms with Gasteiger partial charge in [0.15, 0.2) is 0 Å². The zero-order valence-electron chi connectivity index (χ0n) is 11.6. The first kappa shape index (κ1) is 14.0. The third-order valence-corrected chi connectivity index (χ3v) is 3.66. The summed E-state index contributed by atoms with van der Waals surface area (Å²) in [7, 11) is 1.66. The number of carbonyl (C=O) groups is 1. The summed E-state index contributed by atoms with van der Waals surface area (Å²) >= 11 is 0. The van der Waals surface area contributed by atoms with Crippen molar-refractivity contribution < 1.29 is 18.8 Å². The van der Waals surface area contributed by atoms with Gasteiger partial charge in [-0.2, -0.15) is 4.98 Å². The van der Waals surface area contributed by atoms with Crippen LogP contribution in [0.5, 0.6) is 0 Å². The number of carbonyl (C=O) groups excluding carboxylic acids is 1. The Morgan fingerprint density at radius 2 is 2.16 bits per heavy atom. The minimum atomic E-state index is -0.545. The first-order valence-electron chi connectivity index (χ1n) is 6.69. The number of methoxy groups -OCH3 is 1. The molecule has 1 heterocycles. The van der Waals surface area contributed by atoms with Crippen LogP contribution in [0.3, 0.4) is 0 Å². The number of ether oxygens (including phenoxy) is 2. The van der Waals surface area contributed by atoms with Gasteiger partial charge in [-0.15, -0.1) is 0 Å². The lowest BCUT2D eigenvalue weighted by molar-refractivity contribution is -0.145. The van der Waals surface area contributed by atoms with Crippen LogP contribution in [0.2, 0.25) is 0 Å². The molecule has 0 N–H and O–H groups in total. The molecule has 0 radical (unpaired) electrons. The number of aromatic nitrogens is 2. The average Bonchev–Trinajstić information content (AvgIpc) is 3.07. The Labute approximate surface area is 112 Å². The topological polar surface area (TPSA) is 74.5 Å². The lowest BCUT2D eigenvalue weighted by atomic mass is 10.0. The molecule has 1 fully saturated rings. The quantitative estimate of drug-likeness (QED) is 0.762. The highest BCUT2D eigenvalue weighted by molar-refractivity contribution is 5.76.